The SMILES string of the molecule is O=C(c1ccc(-n2cnnn2)cc1)N1CCC[C@H]1CCc1ccccc1. The van der Waals surface area contributed by atoms with E-state index in [1.54, 1.807) is 4.68 Å². The van der Waals surface area contributed by atoms with E-state index in [0.717, 1.165) is 37.9 Å². The number of rotatable bonds is 5. The van der Waals surface area contributed by atoms with Crippen molar-refractivity contribution in [2.24, 2.45) is 0 Å². The van der Waals surface area contributed by atoms with Gasteiger partial charge in [-0.15, -0.1) is 5.10 Å². The normalized spacial score (nSPS) is 16.8. The number of likely N-dealkylation sites (tertiary alicyclic amines) is 1. The van der Waals surface area contributed by atoms with E-state index in [0.29, 0.717) is 11.6 Å². The molecule has 0 unspecified atom stereocenters. The molecule has 3 aromatic rings. The Hall–Kier alpha value is -3.02. The summed E-state index contributed by atoms with van der Waals surface area (Å²) in [7, 11) is 0. The summed E-state index contributed by atoms with van der Waals surface area (Å²) < 4.78 is 1.58. The highest BCUT2D eigenvalue weighted by Crippen LogP contribution is 2.24. The van der Waals surface area contributed by atoms with Crippen molar-refractivity contribution in [2.75, 3.05) is 6.54 Å². The number of hydrogen-bond acceptors (Lipinski definition) is 4. The van der Waals surface area contributed by atoms with Crippen molar-refractivity contribution >= 4 is 5.91 Å². The molecule has 4 rings (SSSR count). The Morgan fingerprint density at radius 3 is 2.62 bits per heavy atom. The molecule has 0 saturated carbocycles. The average molecular weight is 347 g/mol. The summed E-state index contributed by atoms with van der Waals surface area (Å²) in [6, 6.07) is 18.3. The number of hydrogen-bond donors (Lipinski definition) is 0. The Labute approximate surface area is 152 Å². The minimum atomic E-state index is 0.115. The largest absolute Gasteiger partial charge is 0.336 e. The molecule has 1 fully saturated rings. The predicted molar refractivity (Wildman–Crippen MR) is 98.0 cm³/mol. The molecule has 1 saturated heterocycles. The first-order valence-corrected chi connectivity index (χ1v) is 8.99. The van der Waals surface area contributed by atoms with Crippen LogP contribution in [-0.4, -0.2) is 43.6 Å². The lowest BCUT2D eigenvalue weighted by molar-refractivity contribution is 0.0730. The molecule has 132 valence electrons. The highest BCUT2D eigenvalue weighted by atomic mass is 16.2. The second-order valence-corrected chi connectivity index (χ2v) is 6.62. The van der Waals surface area contributed by atoms with Gasteiger partial charge in [-0.1, -0.05) is 30.3 Å². The van der Waals surface area contributed by atoms with Crippen LogP contribution in [0.2, 0.25) is 0 Å². The number of amides is 1. The Balaban J connectivity index is 1.43. The average Bonchev–Trinajstić information content (AvgIpc) is 3.39. The maximum Gasteiger partial charge on any atom is 0.254 e. The lowest BCUT2D eigenvalue weighted by atomic mass is 10.0. The van der Waals surface area contributed by atoms with E-state index in [-0.39, 0.29) is 5.91 Å². The second kappa shape index (κ2) is 7.47. The predicted octanol–water partition coefficient (Wildman–Crippen LogP) is 2.90. The summed E-state index contributed by atoms with van der Waals surface area (Å²) in [5.74, 6) is 0.115. The zero-order chi connectivity index (χ0) is 17.8. The van der Waals surface area contributed by atoms with Crippen LogP contribution in [0.15, 0.2) is 60.9 Å². The maximum absolute atomic E-state index is 12.9. The summed E-state index contributed by atoms with van der Waals surface area (Å²) >= 11 is 0. The van der Waals surface area contributed by atoms with Gasteiger partial charge in [0.15, 0.2) is 0 Å². The highest BCUT2D eigenvalue weighted by Gasteiger charge is 2.29. The van der Waals surface area contributed by atoms with Crippen molar-refractivity contribution in [1.29, 1.82) is 0 Å². The van der Waals surface area contributed by atoms with Crippen molar-refractivity contribution in [2.45, 2.75) is 31.7 Å². The Kier molecular flexibility index (Phi) is 4.73. The summed E-state index contributed by atoms with van der Waals surface area (Å²) in [4.78, 5) is 15.0. The van der Waals surface area contributed by atoms with Crippen molar-refractivity contribution in [3.8, 4) is 5.69 Å². The van der Waals surface area contributed by atoms with Gasteiger partial charge >= 0.3 is 0 Å². The fraction of sp³-hybridized carbons (Fsp3) is 0.300. The minimum Gasteiger partial charge on any atom is -0.336 e. The van der Waals surface area contributed by atoms with Gasteiger partial charge < -0.3 is 4.90 Å². The molecule has 0 bridgehead atoms. The van der Waals surface area contributed by atoms with Crippen molar-refractivity contribution in [3.63, 3.8) is 0 Å². The standard InChI is InChI=1S/C20H21N5O/c26-20(17-9-12-19(13-10-17)25-15-21-22-23-25)24-14-4-7-18(24)11-8-16-5-2-1-3-6-16/h1-3,5-6,9-10,12-13,15,18H,4,7-8,11,14H2/t18-/m0/s1. The molecule has 1 aliphatic rings. The number of benzene rings is 2. The van der Waals surface area contributed by atoms with Gasteiger partial charge in [-0.05, 0) is 65.9 Å². The smallest absolute Gasteiger partial charge is 0.254 e. The molecule has 2 aromatic carbocycles. The quantitative estimate of drug-likeness (QED) is 0.712. The molecular formula is C20H21N5O. The van der Waals surface area contributed by atoms with Crippen LogP contribution in [0.25, 0.3) is 5.69 Å². The molecule has 26 heavy (non-hydrogen) atoms. The fourth-order valence-corrected chi connectivity index (χ4v) is 3.58. The molecule has 6 heteroatoms. The number of carbonyl (C=O) groups excluding carboxylic acids is 1. The van der Waals surface area contributed by atoms with Crippen LogP contribution in [0.5, 0.6) is 0 Å². The van der Waals surface area contributed by atoms with Crippen LogP contribution >= 0.6 is 0 Å². The molecule has 1 aliphatic heterocycles. The molecule has 6 nitrogen and oxygen atoms in total. The van der Waals surface area contributed by atoms with Crippen LogP contribution in [0, 0.1) is 0 Å². The van der Waals surface area contributed by atoms with E-state index in [2.05, 4.69) is 39.8 Å². The van der Waals surface area contributed by atoms with Gasteiger partial charge in [0.2, 0.25) is 0 Å². The van der Waals surface area contributed by atoms with Gasteiger partial charge in [-0.2, -0.15) is 0 Å². The van der Waals surface area contributed by atoms with Crippen LogP contribution in [0.4, 0.5) is 0 Å². The number of aryl methyl sites for hydroxylation is 1. The van der Waals surface area contributed by atoms with E-state index in [9.17, 15) is 4.79 Å². The number of tetrazole rings is 1. The van der Waals surface area contributed by atoms with Crippen LogP contribution < -0.4 is 0 Å². The Morgan fingerprint density at radius 1 is 1.08 bits per heavy atom. The number of aromatic nitrogens is 4. The molecule has 0 radical (unpaired) electrons. The molecule has 0 N–H and O–H groups in total. The van der Waals surface area contributed by atoms with Crippen LogP contribution in [0.3, 0.4) is 0 Å². The second-order valence-electron chi connectivity index (χ2n) is 6.62. The minimum absolute atomic E-state index is 0.115. The third-order valence-corrected chi connectivity index (χ3v) is 4.97. The molecule has 0 aliphatic carbocycles. The van der Waals surface area contributed by atoms with E-state index < -0.39 is 0 Å². The van der Waals surface area contributed by atoms with Gasteiger partial charge in [0.05, 0.1) is 5.69 Å². The molecular weight excluding hydrogens is 326 g/mol. The van der Waals surface area contributed by atoms with Gasteiger partial charge in [0.25, 0.3) is 5.91 Å². The lowest BCUT2D eigenvalue weighted by Gasteiger charge is -2.25. The molecule has 0 spiro atoms. The Morgan fingerprint density at radius 2 is 1.88 bits per heavy atom. The van der Waals surface area contributed by atoms with E-state index in [1.165, 1.54) is 11.9 Å². The first-order chi connectivity index (χ1) is 12.8. The molecule has 1 aromatic heterocycles. The zero-order valence-electron chi connectivity index (χ0n) is 14.5. The van der Waals surface area contributed by atoms with Crippen molar-refractivity contribution in [1.82, 2.24) is 25.1 Å². The maximum atomic E-state index is 12.9. The Bertz CT molecular complexity index is 846. The number of carbonyl (C=O) groups is 1. The topological polar surface area (TPSA) is 63.9 Å². The van der Waals surface area contributed by atoms with E-state index in [4.69, 9.17) is 0 Å². The summed E-state index contributed by atoms with van der Waals surface area (Å²) in [5, 5.41) is 11.1. The lowest BCUT2D eigenvalue weighted by Crippen LogP contribution is -2.35. The molecule has 1 atom stereocenters. The summed E-state index contributed by atoms with van der Waals surface area (Å²) in [6.45, 7) is 0.840. The fourth-order valence-electron chi connectivity index (χ4n) is 3.58. The summed E-state index contributed by atoms with van der Waals surface area (Å²) in [6.07, 6.45) is 5.72. The van der Waals surface area contributed by atoms with Crippen molar-refractivity contribution in [3.05, 3.63) is 72.1 Å². The van der Waals surface area contributed by atoms with Gasteiger partial charge in [0.1, 0.15) is 6.33 Å². The molecule has 2 heterocycles. The van der Waals surface area contributed by atoms with Gasteiger partial charge in [-0.25, -0.2) is 4.68 Å². The van der Waals surface area contributed by atoms with Crippen molar-refractivity contribution < 1.29 is 4.79 Å². The zero-order valence-corrected chi connectivity index (χ0v) is 14.5. The van der Waals surface area contributed by atoms with E-state index in [1.807, 2.05) is 35.2 Å². The number of nitrogens with zero attached hydrogens (tertiary/aromatic N) is 5. The monoisotopic (exact) mass is 347 g/mol. The third-order valence-electron chi connectivity index (χ3n) is 4.97. The van der Waals surface area contributed by atoms with Gasteiger partial charge in [0, 0.05) is 18.2 Å². The molecule has 1 amide bonds. The van der Waals surface area contributed by atoms with Crippen LogP contribution in [0.1, 0.15) is 35.2 Å². The first-order valence-electron chi connectivity index (χ1n) is 8.99. The summed E-state index contributed by atoms with van der Waals surface area (Å²) in [5.41, 5.74) is 2.89. The highest BCUT2D eigenvalue weighted by molar-refractivity contribution is 5.94. The van der Waals surface area contributed by atoms with Crippen LogP contribution in [-0.2, 0) is 6.42 Å². The van der Waals surface area contributed by atoms with E-state index >= 15 is 0 Å². The van der Waals surface area contributed by atoms with Gasteiger partial charge in [-0.3, -0.25) is 4.79 Å². The first kappa shape index (κ1) is 16.4. The third kappa shape index (κ3) is 3.49.